The lowest BCUT2D eigenvalue weighted by molar-refractivity contribution is 1.06. The molecule has 0 aliphatic carbocycles. The van der Waals surface area contributed by atoms with E-state index in [1.807, 2.05) is 6.07 Å². The molecule has 0 N–H and O–H groups in total. The minimum Gasteiger partial charge on any atom is -0.249 e. The Morgan fingerprint density at radius 3 is 2.60 bits per heavy atom. The maximum Gasteiger partial charge on any atom is 0.110 e. The molecule has 0 fully saturated rings. The van der Waals surface area contributed by atoms with E-state index in [-0.39, 0.29) is 0 Å². The molecule has 0 radical (unpaired) electrons. The number of hydrogen-bond acceptors (Lipinski definition) is 1. The molecule has 0 aliphatic heterocycles. The summed E-state index contributed by atoms with van der Waals surface area (Å²) in [6.45, 7) is 2.10. The molecule has 0 amide bonds. The van der Waals surface area contributed by atoms with Crippen molar-refractivity contribution in [1.29, 1.82) is 0 Å². The maximum atomic E-state index is 4.10. The van der Waals surface area contributed by atoms with Crippen molar-refractivity contribution in [1.82, 2.24) is 4.98 Å². The third-order valence-electron chi connectivity index (χ3n) is 1.30. The molecule has 1 nitrogen and oxygen atoms in total. The van der Waals surface area contributed by atoms with E-state index >= 15 is 0 Å². The van der Waals surface area contributed by atoms with Crippen LogP contribution in [0.15, 0.2) is 21.3 Å². The molecule has 1 heterocycles. The fourth-order valence-electron chi connectivity index (χ4n) is 0.760. The Kier molecular flexibility index (Phi) is 2.86. The van der Waals surface area contributed by atoms with Crippen molar-refractivity contribution in [2.24, 2.45) is 0 Å². The lowest BCUT2D eigenvalue weighted by atomic mass is 10.2. The zero-order valence-corrected chi connectivity index (χ0v) is 8.74. The van der Waals surface area contributed by atoms with Gasteiger partial charge < -0.3 is 0 Å². The highest BCUT2D eigenvalue weighted by Gasteiger charge is 2.01. The normalized spacial score (nSPS) is 9.90. The summed E-state index contributed by atoms with van der Waals surface area (Å²) in [4.78, 5) is 4.10. The summed E-state index contributed by atoms with van der Waals surface area (Å²) in [5.74, 6) is 0. The van der Waals surface area contributed by atoms with Crippen LogP contribution in [0, 0.1) is 0 Å². The minimum atomic E-state index is 0.935. The standard InChI is InChI=1S/C7H7Br2N/c1-2-5-6(8)3-4-10-7(5)9/h3-4H,2H2,1H3. The van der Waals surface area contributed by atoms with E-state index in [0.29, 0.717) is 0 Å². The SMILES string of the molecule is CCc1c(Br)ccnc1Br. The van der Waals surface area contributed by atoms with Crippen molar-refractivity contribution in [3.05, 3.63) is 26.9 Å². The van der Waals surface area contributed by atoms with Crippen molar-refractivity contribution in [3.63, 3.8) is 0 Å². The van der Waals surface area contributed by atoms with Gasteiger partial charge in [0.25, 0.3) is 0 Å². The molecule has 0 aliphatic rings. The lowest BCUT2D eigenvalue weighted by Crippen LogP contribution is -1.86. The van der Waals surface area contributed by atoms with E-state index in [1.165, 1.54) is 5.56 Å². The summed E-state index contributed by atoms with van der Waals surface area (Å²) < 4.78 is 2.06. The molecule has 1 aromatic heterocycles. The molecule has 0 saturated carbocycles. The van der Waals surface area contributed by atoms with Gasteiger partial charge in [-0.1, -0.05) is 22.9 Å². The third kappa shape index (κ3) is 1.58. The number of hydrogen-bond donors (Lipinski definition) is 0. The van der Waals surface area contributed by atoms with Crippen LogP contribution in [-0.2, 0) is 6.42 Å². The van der Waals surface area contributed by atoms with Crippen LogP contribution < -0.4 is 0 Å². The Balaban J connectivity index is 3.17. The zero-order valence-electron chi connectivity index (χ0n) is 5.56. The molecule has 0 saturated heterocycles. The van der Waals surface area contributed by atoms with Crippen LogP contribution in [0.25, 0.3) is 0 Å². The van der Waals surface area contributed by atoms with Crippen LogP contribution in [0.5, 0.6) is 0 Å². The summed E-state index contributed by atoms with van der Waals surface area (Å²) in [6, 6.07) is 1.95. The Morgan fingerprint density at radius 2 is 2.20 bits per heavy atom. The molecule has 0 atom stereocenters. The summed E-state index contributed by atoms with van der Waals surface area (Å²) in [5.41, 5.74) is 1.22. The first-order valence-corrected chi connectivity index (χ1v) is 4.63. The van der Waals surface area contributed by atoms with Crippen molar-refractivity contribution in [2.45, 2.75) is 13.3 Å². The molecule has 54 valence electrons. The number of aromatic nitrogens is 1. The van der Waals surface area contributed by atoms with E-state index in [0.717, 1.165) is 15.5 Å². The van der Waals surface area contributed by atoms with Gasteiger partial charge in [-0.15, -0.1) is 0 Å². The molecule has 0 bridgehead atoms. The molecule has 1 rings (SSSR count). The van der Waals surface area contributed by atoms with Gasteiger partial charge >= 0.3 is 0 Å². The average molecular weight is 265 g/mol. The van der Waals surface area contributed by atoms with Gasteiger partial charge in [0.2, 0.25) is 0 Å². The van der Waals surface area contributed by atoms with Gasteiger partial charge in [-0.25, -0.2) is 4.98 Å². The summed E-state index contributed by atoms with van der Waals surface area (Å²) in [7, 11) is 0. The van der Waals surface area contributed by atoms with Gasteiger partial charge in [0.1, 0.15) is 4.60 Å². The number of pyridine rings is 1. The highest BCUT2D eigenvalue weighted by molar-refractivity contribution is 9.11. The Bertz CT molecular complexity index is 215. The fourth-order valence-corrected chi connectivity index (χ4v) is 2.22. The van der Waals surface area contributed by atoms with Crippen LogP contribution in [0.1, 0.15) is 12.5 Å². The van der Waals surface area contributed by atoms with Crippen molar-refractivity contribution >= 4 is 31.9 Å². The number of rotatable bonds is 1. The van der Waals surface area contributed by atoms with Gasteiger partial charge in [0.15, 0.2) is 0 Å². The summed E-state index contributed by atoms with van der Waals surface area (Å²) >= 11 is 6.80. The largest absolute Gasteiger partial charge is 0.249 e. The topological polar surface area (TPSA) is 12.9 Å². The van der Waals surface area contributed by atoms with Gasteiger partial charge in [-0.05, 0) is 34.0 Å². The van der Waals surface area contributed by atoms with Crippen LogP contribution in [-0.4, -0.2) is 4.98 Å². The maximum absolute atomic E-state index is 4.10. The molecular formula is C7H7Br2N. The second-order valence-corrected chi connectivity index (χ2v) is 3.52. The van der Waals surface area contributed by atoms with Crippen LogP contribution in [0.4, 0.5) is 0 Å². The van der Waals surface area contributed by atoms with E-state index in [4.69, 9.17) is 0 Å². The Hall–Kier alpha value is 0.110. The van der Waals surface area contributed by atoms with E-state index < -0.39 is 0 Å². The smallest absolute Gasteiger partial charge is 0.110 e. The molecule has 0 spiro atoms. The van der Waals surface area contributed by atoms with E-state index in [2.05, 4.69) is 43.8 Å². The van der Waals surface area contributed by atoms with Gasteiger partial charge in [-0.3, -0.25) is 0 Å². The first-order valence-electron chi connectivity index (χ1n) is 3.04. The summed E-state index contributed by atoms with van der Waals surface area (Å²) in [6.07, 6.45) is 2.77. The number of nitrogens with zero attached hydrogens (tertiary/aromatic N) is 1. The second kappa shape index (κ2) is 3.49. The minimum absolute atomic E-state index is 0.935. The highest BCUT2D eigenvalue weighted by atomic mass is 79.9. The number of halogens is 2. The molecule has 1 aromatic rings. The molecule has 0 unspecified atom stereocenters. The van der Waals surface area contributed by atoms with Gasteiger partial charge in [-0.2, -0.15) is 0 Å². The lowest BCUT2D eigenvalue weighted by Gasteiger charge is -2.00. The quantitative estimate of drug-likeness (QED) is 0.710. The van der Waals surface area contributed by atoms with Crippen molar-refractivity contribution in [3.8, 4) is 0 Å². The predicted molar refractivity (Wildman–Crippen MR) is 49.0 cm³/mol. The first-order chi connectivity index (χ1) is 4.75. The molecule has 10 heavy (non-hydrogen) atoms. The molecular weight excluding hydrogens is 258 g/mol. The first kappa shape index (κ1) is 8.21. The molecule has 0 aromatic carbocycles. The Labute approximate surface area is 77.1 Å². The van der Waals surface area contributed by atoms with E-state index in [9.17, 15) is 0 Å². The second-order valence-electron chi connectivity index (χ2n) is 1.92. The zero-order chi connectivity index (χ0) is 7.56. The van der Waals surface area contributed by atoms with Crippen molar-refractivity contribution in [2.75, 3.05) is 0 Å². The van der Waals surface area contributed by atoms with Crippen molar-refractivity contribution < 1.29 is 0 Å². The van der Waals surface area contributed by atoms with Gasteiger partial charge in [0.05, 0.1) is 0 Å². The highest BCUT2D eigenvalue weighted by Crippen LogP contribution is 2.22. The Morgan fingerprint density at radius 1 is 1.50 bits per heavy atom. The molecule has 3 heteroatoms. The van der Waals surface area contributed by atoms with Gasteiger partial charge in [0, 0.05) is 10.7 Å². The van der Waals surface area contributed by atoms with Crippen LogP contribution in [0.3, 0.4) is 0 Å². The monoisotopic (exact) mass is 263 g/mol. The average Bonchev–Trinajstić information content (AvgIpc) is 1.88. The van der Waals surface area contributed by atoms with Crippen LogP contribution in [0.2, 0.25) is 0 Å². The summed E-state index contributed by atoms with van der Waals surface area (Å²) in [5, 5.41) is 0. The predicted octanol–water partition coefficient (Wildman–Crippen LogP) is 3.17. The third-order valence-corrected chi connectivity index (χ3v) is 2.73. The van der Waals surface area contributed by atoms with Crippen LogP contribution >= 0.6 is 31.9 Å². The fraction of sp³-hybridized carbons (Fsp3) is 0.286. The van der Waals surface area contributed by atoms with E-state index in [1.54, 1.807) is 6.20 Å².